The summed E-state index contributed by atoms with van der Waals surface area (Å²) in [6, 6.07) is 18.8. The van der Waals surface area contributed by atoms with Gasteiger partial charge >= 0.3 is 0 Å². The van der Waals surface area contributed by atoms with Crippen molar-refractivity contribution in [3.8, 4) is 16.9 Å². The number of hydrogen-bond donors (Lipinski definition) is 0. The molecule has 24 heavy (non-hydrogen) atoms. The largest absolute Gasteiger partial charge is 0.494 e. The molecule has 0 saturated carbocycles. The van der Waals surface area contributed by atoms with E-state index in [4.69, 9.17) is 16.3 Å². The zero-order chi connectivity index (χ0) is 16.9. The lowest BCUT2D eigenvalue weighted by molar-refractivity contribution is 0.304. The minimum atomic E-state index is 0.808. The number of benzene rings is 2. The van der Waals surface area contributed by atoms with Crippen molar-refractivity contribution in [2.75, 3.05) is 12.5 Å². The molecule has 0 amide bonds. The average molecular weight is 345 g/mol. The second kappa shape index (κ2) is 12.0. The summed E-state index contributed by atoms with van der Waals surface area (Å²) in [6.45, 7) is 0.810. The van der Waals surface area contributed by atoms with Crippen LogP contribution >= 0.6 is 11.6 Å². The summed E-state index contributed by atoms with van der Waals surface area (Å²) in [5.74, 6) is 1.78. The predicted octanol–water partition coefficient (Wildman–Crippen LogP) is 7.09. The maximum absolute atomic E-state index is 5.91. The minimum absolute atomic E-state index is 0.808. The van der Waals surface area contributed by atoms with Crippen LogP contribution in [0.3, 0.4) is 0 Å². The second-order valence-electron chi connectivity index (χ2n) is 6.26. The first-order valence-corrected chi connectivity index (χ1v) is 9.78. The van der Waals surface area contributed by atoms with E-state index in [0.717, 1.165) is 31.1 Å². The van der Waals surface area contributed by atoms with Crippen molar-refractivity contribution in [2.45, 2.75) is 51.4 Å². The van der Waals surface area contributed by atoms with Crippen molar-refractivity contribution in [3.05, 3.63) is 54.6 Å². The molecule has 2 aromatic rings. The molecule has 0 radical (unpaired) electrons. The lowest BCUT2D eigenvalue weighted by atomic mass is 10.1. The molecule has 0 aliphatic heterocycles. The number of rotatable bonds is 12. The number of alkyl halides is 1. The maximum atomic E-state index is 5.91. The quantitative estimate of drug-likeness (QED) is 0.295. The normalized spacial score (nSPS) is 10.7. The van der Waals surface area contributed by atoms with Crippen LogP contribution in [-0.4, -0.2) is 12.5 Å². The molecule has 130 valence electrons. The summed E-state index contributed by atoms with van der Waals surface area (Å²) < 4.78 is 5.91. The molecule has 0 saturated heterocycles. The fourth-order valence-corrected chi connectivity index (χ4v) is 3.03. The van der Waals surface area contributed by atoms with Crippen molar-refractivity contribution < 1.29 is 4.74 Å². The van der Waals surface area contributed by atoms with E-state index in [-0.39, 0.29) is 0 Å². The van der Waals surface area contributed by atoms with Crippen LogP contribution in [0.2, 0.25) is 0 Å². The van der Waals surface area contributed by atoms with E-state index in [0.29, 0.717) is 0 Å². The van der Waals surface area contributed by atoms with Crippen molar-refractivity contribution >= 4 is 11.6 Å². The summed E-state index contributed by atoms with van der Waals surface area (Å²) in [6.07, 6.45) is 10.2. The van der Waals surface area contributed by atoms with E-state index in [1.165, 1.54) is 49.7 Å². The highest BCUT2D eigenvalue weighted by Crippen LogP contribution is 2.23. The molecule has 1 nitrogen and oxygen atoms in total. The lowest BCUT2D eigenvalue weighted by Crippen LogP contribution is -1.97. The Kier molecular flexibility index (Phi) is 9.41. The van der Waals surface area contributed by atoms with Gasteiger partial charge in [-0.2, -0.15) is 0 Å². The topological polar surface area (TPSA) is 9.23 Å². The third-order valence-electron chi connectivity index (χ3n) is 4.24. The fraction of sp³-hybridized carbons (Fsp3) is 0.455. The van der Waals surface area contributed by atoms with Gasteiger partial charge in [0.25, 0.3) is 0 Å². The van der Waals surface area contributed by atoms with Crippen LogP contribution in [0, 0.1) is 0 Å². The van der Waals surface area contributed by atoms with Gasteiger partial charge in [-0.1, -0.05) is 81.0 Å². The molecular weight excluding hydrogens is 316 g/mol. The Hall–Kier alpha value is -1.47. The van der Waals surface area contributed by atoms with Crippen LogP contribution in [0.5, 0.6) is 5.75 Å². The van der Waals surface area contributed by atoms with Gasteiger partial charge in [-0.05, 0) is 36.1 Å². The number of hydrogen-bond acceptors (Lipinski definition) is 1. The Morgan fingerprint density at radius 2 is 1.25 bits per heavy atom. The van der Waals surface area contributed by atoms with Crippen LogP contribution < -0.4 is 4.74 Å². The fourth-order valence-electron chi connectivity index (χ4n) is 2.84. The van der Waals surface area contributed by atoms with Gasteiger partial charge in [0.05, 0.1) is 6.61 Å². The lowest BCUT2D eigenvalue weighted by Gasteiger charge is -2.08. The highest BCUT2D eigenvalue weighted by Gasteiger charge is 2.00. The van der Waals surface area contributed by atoms with E-state index in [9.17, 15) is 0 Å². The SMILES string of the molecule is ClCCCCCCCCCCOc1cccc(-c2ccccc2)c1. The maximum Gasteiger partial charge on any atom is 0.119 e. The first-order chi connectivity index (χ1) is 11.9. The van der Waals surface area contributed by atoms with Crippen LogP contribution in [0.15, 0.2) is 54.6 Å². The van der Waals surface area contributed by atoms with Gasteiger partial charge in [0.15, 0.2) is 0 Å². The van der Waals surface area contributed by atoms with Gasteiger partial charge in [-0.3, -0.25) is 0 Å². The highest BCUT2D eigenvalue weighted by atomic mass is 35.5. The number of halogens is 1. The second-order valence-corrected chi connectivity index (χ2v) is 6.64. The Morgan fingerprint density at radius 3 is 1.96 bits per heavy atom. The number of ether oxygens (including phenoxy) is 1. The standard InChI is InChI=1S/C22H29ClO/c23-17-10-5-3-1-2-4-6-11-18-24-22-16-12-15-21(19-22)20-13-8-7-9-14-20/h7-9,12-16,19H,1-6,10-11,17-18H2. The van der Waals surface area contributed by atoms with Crippen LogP contribution in [0.1, 0.15) is 51.4 Å². The Labute approximate surface area is 152 Å². The molecule has 2 aromatic carbocycles. The average Bonchev–Trinajstić information content (AvgIpc) is 2.64. The van der Waals surface area contributed by atoms with Crippen LogP contribution in [0.25, 0.3) is 11.1 Å². The molecule has 2 rings (SSSR count). The summed E-state index contributed by atoms with van der Waals surface area (Å²) >= 11 is 5.68. The summed E-state index contributed by atoms with van der Waals surface area (Å²) in [7, 11) is 0. The highest BCUT2D eigenvalue weighted by molar-refractivity contribution is 6.17. The molecule has 0 unspecified atom stereocenters. The molecule has 0 atom stereocenters. The molecular formula is C22H29ClO. The van der Waals surface area contributed by atoms with Crippen LogP contribution in [-0.2, 0) is 0 Å². The molecule has 0 spiro atoms. The molecule has 2 heteroatoms. The van der Waals surface area contributed by atoms with Gasteiger partial charge in [0, 0.05) is 5.88 Å². The van der Waals surface area contributed by atoms with Gasteiger partial charge in [-0.25, -0.2) is 0 Å². The van der Waals surface area contributed by atoms with E-state index < -0.39 is 0 Å². The van der Waals surface area contributed by atoms with E-state index in [1.54, 1.807) is 0 Å². The molecule has 0 heterocycles. The van der Waals surface area contributed by atoms with E-state index >= 15 is 0 Å². The zero-order valence-electron chi connectivity index (χ0n) is 14.6. The van der Waals surface area contributed by atoms with Crippen molar-refractivity contribution in [1.29, 1.82) is 0 Å². The van der Waals surface area contributed by atoms with Crippen LogP contribution in [0.4, 0.5) is 0 Å². The third-order valence-corrected chi connectivity index (χ3v) is 4.51. The number of unbranched alkanes of at least 4 members (excludes halogenated alkanes) is 7. The van der Waals surface area contributed by atoms with E-state index in [1.807, 2.05) is 12.1 Å². The molecule has 0 aliphatic carbocycles. The molecule has 0 N–H and O–H groups in total. The molecule has 0 bridgehead atoms. The predicted molar refractivity (Wildman–Crippen MR) is 105 cm³/mol. The summed E-state index contributed by atoms with van der Waals surface area (Å²) in [4.78, 5) is 0. The summed E-state index contributed by atoms with van der Waals surface area (Å²) in [5, 5.41) is 0. The van der Waals surface area contributed by atoms with Crippen molar-refractivity contribution in [2.24, 2.45) is 0 Å². The third kappa shape index (κ3) is 7.40. The summed E-state index contributed by atoms with van der Waals surface area (Å²) in [5.41, 5.74) is 2.45. The monoisotopic (exact) mass is 344 g/mol. The van der Waals surface area contributed by atoms with Gasteiger partial charge in [-0.15, -0.1) is 11.6 Å². The smallest absolute Gasteiger partial charge is 0.119 e. The van der Waals surface area contributed by atoms with E-state index in [2.05, 4.69) is 42.5 Å². The zero-order valence-corrected chi connectivity index (χ0v) is 15.3. The Balaban J connectivity index is 1.60. The van der Waals surface area contributed by atoms with Gasteiger partial charge in [0.2, 0.25) is 0 Å². The minimum Gasteiger partial charge on any atom is -0.494 e. The van der Waals surface area contributed by atoms with Crippen molar-refractivity contribution in [1.82, 2.24) is 0 Å². The Bertz CT molecular complexity index is 553. The van der Waals surface area contributed by atoms with Crippen molar-refractivity contribution in [3.63, 3.8) is 0 Å². The first-order valence-electron chi connectivity index (χ1n) is 9.24. The molecule has 0 aliphatic rings. The molecule has 0 aromatic heterocycles. The van der Waals surface area contributed by atoms with Gasteiger partial charge < -0.3 is 4.74 Å². The molecule has 0 fully saturated rings. The first kappa shape index (κ1) is 18.9. The Morgan fingerprint density at radius 1 is 0.625 bits per heavy atom. The van der Waals surface area contributed by atoms with Gasteiger partial charge in [0.1, 0.15) is 5.75 Å².